The average molecular weight is 508 g/mol. The van der Waals surface area contributed by atoms with Crippen LogP contribution in [0.25, 0.3) is 11.0 Å². The van der Waals surface area contributed by atoms with E-state index in [9.17, 15) is 0 Å². The molecule has 0 radical (unpaired) electrons. The van der Waals surface area contributed by atoms with Crippen molar-refractivity contribution in [1.82, 2.24) is 14.5 Å². The number of nitrogens with zero attached hydrogens (tertiary/aromatic N) is 3. The van der Waals surface area contributed by atoms with Crippen molar-refractivity contribution in [3.8, 4) is 0 Å². The minimum Gasteiger partial charge on any atom is -0.411 e. The van der Waals surface area contributed by atoms with E-state index in [2.05, 4.69) is 84.1 Å². The number of aromatic nitrogens is 3. The third-order valence-corrected chi connectivity index (χ3v) is 11.3. The predicted octanol–water partition coefficient (Wildman–Crippen LogP) is 5.78. The molecule has 0 bridgehead atoms. The van der Waals surface area contributed by atoms with E-state index in [-0.39, 0.29) is 23.5 Å². The molecule has 1 fully saturated rings. The van der Waals surface area contributed by atoms with Crippen molar-refractivity contribution in [2.45, 2.75) is 77.1 Å². The lowest BCUT2D eigenvalue weighted by molar-refractivity contribution is -0.0160. The van der Waals surface area contributed by atoms with Crippen LogP contribution in [0.3, 0.4) is 0 Å². The zero-order valence-electron chi connectivity index (χ0n) is 16.2. The first-order valence-corrected chi connectivity index (χ1v) is 13.4. The van der Waals surface area contributed by atoms with Gasteiger partial charge in [0.1, 0.15) is 23.4 Å². The Morgan fingerprint density at radius 3 is 2.69 bits per heavy atom. The molecule has 144 valence electrons. The fourth-order valence-electron chi connectivity index (χ4n) is 3.14. The Kier molecular flexibility index (Phi) is 5.77. The van der Waals surface area contributed by atoms with Crippen LogP contribution in [0.5, 0.6) is 0 Å². The van der Waals surface area contributed by atoms with Gasteiger partial charge in [-0.2, -0.15) is 0 Å². The molecule has 1 unspecified atom stereocenters. The summed E-state index contributed by atoms with van der Waals surface area (Å²) in [5.74, 6) is 0. The second-order valence-corrected chi connectivity index (χ2v) is 14.7. The van der Waals surface area contributed by atoms with E-state index in [0.29, 0.717) is 5.15 Å². The van der Waals surface area contributed by atoms with Crippen molar-refractivity contribution >= 4 is 53.5 Å². The number of halogens is 2. The van der Waals surface area contributed by atoms with E-state index in [1.165, 1.54) is 6.33 Å². The van der Waals surface area contributed by atoms with Crippen LogP contribution in [0.4, 0.5) is 0 Å². The Hall–Kier alpha value is -0.223. The number of fused-ring (bicyclic) bond motifs is 1. The molecule has 3 heterocycles. The second kappa shape index (κ2) is 7.31. The standard InChI is InChI=1S/C18H27ClIN3O2Si/c1-7-12-13(25-26(5,6)18(2,3)4)8-14(24-12)23-9-11(20)15-16(19)21-10-22-17(15)23/h9-10,12-14H,7-8H2,1-6H3/t12-,13?,14-/m1/s1. The Bertz CT molecular complexity index is 806. The van der Waals surface area contributed by atoms with Gasteiger partial charge in [0.25, 0.3) is 0 Å². The van der Waals surface area contributed by atoms with Gasteiger partial charge in [-0.25, -0.2) is 9.97 Å². The number of rotatable bonds is 4. The molecule has 1 saturated heterocycles. The number of hydrogen-bond donors (Lipinski definition) is 0. The molecule has 1 aliphatic rings. The molecule has 3 rings (SSSR count). The third-order valence-electron chi connectivity index (χ3n) is 5.66. The maximum absolute atomic E-state index is 6.70. The van der Waals surface area contributed by atoms with E-state index in [4.69, 9.17) is 20.8 Å². The highest BCUT2D eigenvalue weighted by molar-refractivity contribution is 14.1. The lowest BCUT2D eigenvalue weighted by Crippen LogP contribution is -2.45. The summed E-state index contributed by atoms with van der Waals surface area (Å²) in [7, 11) is -1.85. The van der Waals surface area contributed by atoms with E-state index in [1.54, 1.807) is 0 Å². The van der Waals surface area contributed by atoms with Gasteiger partial charge in [-0.1, -0.05) is 39.3 Å². The maximum Gasteiger partial charge on any atom is 0.192 e. The lowest BCUT2D eigenvalue weighted by Gasteiger charge is -2.39. The Morgan fingerprint density at radius 1 is 1.38 bits per heavy atom. The number of hydrogen-bond acceptors (Lipinski definition) is 4. The zero-order valence-corrected chi connectivity index (χ0v) is 20.1. The van der Waals surface area contributed by atoms with E-state index in [0.717, 1.165) is 27.4 Å². The van der Waals surface area contributed by atoms with Crippen molar-refractivity contribution in [2.24, 2.45) is 0 Å². The SMILES string of the molecule is CC[C@H]1O[C@@H](n2cc(I)c3c(Cl)ncnc32)CC1O[Si](C)(C)C(C)(C)C. The van der Waals surface area contributed by atoms with Gasteiger partial charge in [-0.15, -0.1) is 0 Å². The van der Waals surface area contributed by atoms with Gasteiger partial charge in [0, 0.05) is 16.2 Å². The van der Waals surface area contributed by atoms with Crippen LogP contribution in [0.1, 0.15) is 46.8 Å². The highest BCUT2D eigenvalue weighted by Crippen LogP contribution is 2.42. The van der Waals surface area contributed by atoms with Crippen molar-refractivity contribution in [3.05, 3.63) is 21.2 Å². The van der Waals surface area contributed by atoms with Crippen LogP contribution in [0.15, 0.2) is 12.5 Å². The first-order valence-electron chi connectivity index (χ1n) is 9.05. The van der Waals surface area contributed by atoms with Gasteiger partial charge in [0.2, 0.25) is 0 Å². The van der Waals surface area contributed by atoms with Gasteiger partial charge in [0.05, 0.1) is 17.6 Å². The van der Waals surface area contributed by atoms with Gasteiger partial charge in [-0.3, -0.25) is 0 Å². The van der Waals surface area contributed by atoms with Crippen molar-refractivity contribution in [2.75, 3.05) is 0 Å². The second-order valence-electron chi connectivity index (χ2n) is 8.44. The average Bonchev–Trinajstić information content (AvgIpc) is 3.07. The van der Waals surface area contributed by atoms with Gasteiger partial charge in [0.15, 0.2) is 8.32 Å². The highest BCUT2D eigenvalue weighted by atomic mass is 127. The topological polar surface area (TPSA) is 49.2 Å². The minimum absolute atomic E-state index is 0.0910. The van der Waals surface area contributed by atoms with Gasteiger partial charge in [-0.05, 0) is 47.1 Å². The highest BCUT2D eigenvalue weighted by Gasteiger charge is 2.44. The van der Waals surface area contributed by atoms with Gasteiger partial charge >= 0.3 is 0 Å². The zero-order chi connectivity index (χ0) is 19.3. The minimum atomic E-state index is -1.85. The number of ether oxygens (including phenoxy) is 1. The molecule has 2 aromatic heterocycles. The molecule has 0 spiro atoms. The van der Waals surface area contributed by atoms with Crippen LogP contribution >= 0.6 is 34.2 Å². The van der Waals surface area contributed by atoms with Crippen LogP contribution in [-0.4, -0.2) is 35.1 Å². The monoisotopic (exact) mass is 507 g/mol. The Balaban J connectivity index is 1.89. The van der Waals surface area contributed by atoms with Gasteiger partial charge < -0.3 is 13.7 Å². The maximum atomic E-state index is 6.70. The summed E-state index contributed by atoms with van der Waals surface area (Å²) in [5, 5.41) is 1.55. The van der Waals surface area contributed by atoms with Crippen LogP contribution in [0.2, 0.25) is 23.3 Å². The summed E-state index contributed by atoms with van der Waals surface area (Å²) in [4.78, 5) is 8.55. The first-order chi connectivity index (χ1) is 12.0. The fourth-order valence-corrected chi connectivity index (χ4v) is 5.68. The molecule has 8 heteroatoms. The molecule has 0 aromatic carbocycles. The summed E-state index contributed by atoms with van der Waals surface area (Å²) >= 11 is 8.55. The molecule has 2 aromatic rings. The van der Waals surface area contributed by atoms with Crippen molar-refractivity contribution < 1.29 is 9.16 Å². The van der Waals surface area contributed by atoms with Crippen molar-refractivity contribution in [3.63, 3.8) is 0 Å². The summed E-state index contributed by atoms with van der Waals surface area (Å²) in [6.07, 6.45) is 5.44. The van der Waals surface area contributed by atoms with Crippen LogP contribution < -0.4 is 0 Å². The molecule has 3 atom stereocenters. The lowest BCUT2D eigenvalue weighted by atomic mass is 10.1. The van der Waals surface area contributed by atoms with Crippen LogP contribution in [0, 0.1) is 3.57 Å². The normalized spacial score (nSPS) is 24.5. The molecule has 0 amide bonds. The largest absolute Gasteiger partial charge is 0.411 e. The molecule has 0 N–H and O–H groups in total. The van der Waals surface area contributed by atoms with Crippen molar-refractivity contribution in [1.29, 1.82) is 0 Å². The Labute approximate surface area is 175 Å². The molecule has 0 saturated carbocycles. The molecule has 26 heavy (non-hydrogen) atoms. The first kappa shape index (κ1) is 20.5. The summed E-state index contributed by atoms with van der Waals surface area (Å²) < 4.78 is 16.2. The van der Waals surface area contributed by atoms with E-state index < -0.39 is 8.32 Å². The van der Waals surface area contributed by atoms with Crippen LogP contribution in [-0.2, 0) is 9.16 Å². The smallest absolute Gasteiger partial charge is 0.192 e. The fraction of sp³-hybridized carbons (Fsp3) is 0.667. The third kappa shape index (κ3) is 3.70. The van der Waals surface area contributed by atoms with E-state index in [1.807, 2.05) is 0 Å². The molecule has 1 aliphatic heterocycles. The Morgan fingerprint density at radius 2 is 2.08 bits per heavy atom. The quantitative estimate of drug-likeness (QED) is 0.299. The molecule has 0 aliphatic carbocycles. The molecular weight excluding hydrogens is 481 g/mol. The molecular formula is C18H27ClIN3O2Si. The summed E-state index contributed by atoms with van der Waals surface area (Å²) in [6.45, 7) is 13.6. The summed E-state index contributed by atoms with van der Waals surface area (Å²) in [6, 6.07) is 0. The molecule has 5 nitrogen and oxygen atoms in total. The predicted molar refractivity (Wildman–Crippen MR) is 116 cm³/mol. The summed E-state index contributed by atoms with van der Waals surface area (Å²) in [5.41, 5.74) is 0.822. The van der Waals surface area contributed by atoms with E-state index >= 15 is 0 Å².